The molecule has 0 aliphatic carbocycles. The van der Waals surface area contributed by atoms with Gasteiger partial charge in [-0.05, 0) is 18.2 Å². The third-order valence-electron chi connectivity index (χ3n) is 2.66. The smallest absolute Gasteiger partial charge is 0.271 e. The molecule has 6 nitrogen and oxygen atoms in total. The number of hydrogen-bond donors (Lipinski definition) is 2. The molecule has 0 saturated carbocycles. The van der Waals surface area contributed by atoms with Crippen LogP contribution in [0.3, 0.4) is 0 Å². The first kappa shape index (κ1) is 14.8. The van der Waals surface area contributed by atoms with E-state index in [1.54, 1.807) is 36.4 Å². The Morgan fingerprint density at radius 3 is 2.67 bits per heavy atom. The fourth-order valence-corrected chi connectivity index (χ4v) is 1.85. The zero-order valence-corrected chi connectivity index (χ0v) is 11.6. The van der Waals surface area contributed by atoms with Gasteiger partial charge in [-0.3, -0.25) is 14.9 Å². The van der Waals surface area contributed by atoms with Gasteiger partial charge in [0.05, 0.1) is 22.2 Å². The predicted molar refractivity (Wildman–Crippen MR) is 81.7 cm³/mol. The fourth-order valence-electron chi connectivity index (χ4n) is 1.67. The Labute approximate surface area is 125 Å². The lowest BCUT2D eigenvalue weighted by Crippen LogP contribution is -2.21. The van der Waals surface area contributed by atoms with E-state index in [9.17, 15) is 14.9 Å². The summed E-state index contributed by atoms with van der Waals surface area (Å²) in [5, 5.41) is 16.6. The highest BCUT2D eigenvalue weighted by Crippen LogP contribution is 2.20. The van der Waals surface area contributed by atoms with Crippen LogP contribution in [0.4, 0.5) is 17.1 Å². The number of carbonyl (C=O) groups excluding carboxylic acids is 1. The van der Waals surface area contributed by atoms with E-state index < -0.39 is 4.92 Å². The van der Waals surface area contributed by atoms with Gasteiger partial charge in [-0.25, -0.2) is 0 Å². The van der Waals surface area contributed by atoms with Crippen LogP contribution >= 0.6 is 11.6 Å². The minimum absolute atomic E-state index is 0.0214. The number of non-ortho nitro benzene ring substituents is 1. The number of anilines is 2. The Bertz CT molecular complexity index is 676. The zero-order valence-electron chi connectivity index (χ0n) is 10.9. The van der Waals surface area contributed by atoms with Crippen molar-refractivity contribution in [2.24, 2.45) is 0 Å². The number of para-hydroxylation sites is 1. The first-order valence-electron chi connectivity index (χ1n) is 6.09. The van der Waals surface area contributed by atoms with Crippen molar-refractivity contribution in [2.75, 3.05) is 17.2 Å². The van der Waals surface area contributed by atoms with Crippen LogP contribution < -0.4 is 10.6 Å². The van der Waals surface area contributed by atoms with Crippen molar-refractivity contribution in [3.05, 3.63) is 63.7 Å². The lowest BCUT2D eigenvalue weighted by Gasteiger charge is -2.08. The molecule has 21 heavy (non-hydrogen) atoms. The third-order valence-corrected chi connectivity index (χ3v) is 2.99. The number of hydrogen-bond acceptors (Lipinski definition) is 4. The monoisotopic (exact) mass is 305 g/mol. The van der Waals surface area contributed by atoms with E-state index in [1.165, 1.54) is 12.1 Å². The van der Waals surface area contributed by atoms with E-state index in [0.717, 1.165) is 0 Å². The lowest BCUT2D eigenvalue weighted by atomic mass is 10.3. The first-order valence-corrected chi connectivity index (χ1v) is 6.47. The molecule has 0 bridgehead atoms. The predicted octanol–water partition coefficient (Wildman–Crippen LogP) is 3.30. The average molecular weight is 306 g/mol. The summed E-state index contributed by atoms with van der Waals surface area (Å²) in [6, 6.07) is 12.8. The van der Waals surface area contributed by atoms with Crippen molar-refractivity contribution < 1.29 is 9.72 Å². The highest BCUT2D eigenvalue weighted by atomic mass is 35.5. The molecule has 0 spiro atoms. The summed E-state index contributed by atoms with van der Waals surface area (Å²) in [6.45, 7) is -0.0214. The molecule has 0 fully saturated rings. The Morgan fingerprint density at radius 1 is 1.19 bits per heavy atom. The van der Waals surface area contributed by atoms with E-state index in [0.29, 0.717) is 16.4 Å². The first-order chi connectivity index (χ1) is 10.1. The Morgan fingerprint density at radius 2 is 1.95 bits per heavy atom. The zero-order chi connectivity index (χ0) is 15.2. The van der Waals surface area contributed by atoms with Gasteiger partial charge in [-0.15, -0.1) is 0 Å². The van der Waals surface area contributed by atoms with Crippen molar-refractivity contribution in [1.82, 2.24) is 0 Å². The summed E-state index contributed by atoms with van der Waals surface area (Å²) >= 11 is 5.93. The molecule has 0 aliphatic rings. The van der Waals surface area contributed by atoms with Crippen LogP contribution in [-0.2, 0) is 4.79 Å². The summed E-state index contributed by atoms with van der Waals surface area (Å²) in [5.74, 6) is -0.297. The second-order valence-electron chi connectivity index (χ2n) is 4.19. The molecule has 2 aromatic carbocycles. The number of nitro groups is 1. The molecule has 0 saturated heterocycles. The maximum atomic E-state index is 11.8. The van der Waals surface area contributed by atoms with Crippen LogP contribution in [0, 0.1) is 10.1 Å². The lowest BCUT2D eigenvalue weighted by molar-refractivity contribution is -0.384. The average Bonchev–Trinajstić information content (AvgIpc) is 2.48. The maximum Gasteiger partial charge on any atom is 0.271 e. The molecule has 0 aliphatic heterocycles. The van der Waals surface area contributed by atoms with Crippen LogP contribution in [-0.4, -0.2) is 17.4 Å². The second-order valence-corrected chi connectivity index (χ2v) is 4.60. The summed E-state index contributed by atoms with van der Waals surface area (Å²) < 4.78 is 0. The fraction of sp³-hybridized carbons (Fsp3) is 0.0714. The van der Waals surface area contributed by atoms with Crippen LogP contribution in [0.5, 0.6) is 0 Å². The number of nitro benzene ring substituents is 1. The standard InChI is InChI=1S/C14H12ClN3O3/c15-12-6-1-2-7-13(12)17-14(19)9-16-10-4-3-5-11(8-10)18(20)21/h1-8,16H,9H2,(H,17,19). The maximum absolute atomic E-state index is 11.8. The van der Waals surface area contributed by atoms with Gasteiger partial charge in [0.25, 0.3) is 5.69 Å². The van der Waals surface area contributed by atoms with Gasteiger partial charge in [0, 0.05) is 17.8 Å². The summed E-state index contributed by atoms with van der Waals surface area (Å²) in [5.41, 5.74) is 0.982. The number of benzene rings is 2. The normalized spacial score (nSPS) is 9.95. The van der Waals surface area contributed by atoms with E-state index in [4.69, 9.17) is 11.6 Å². The largest absolute Gasteiger partial charge is 0.376 e. The Hall–Kier alpha value is -2.60. The van der Waals surface area contributed by atoms with Crippen LogP contribution in [0.2, 0.25) is 5.02 Å². The highest BCUT2D eigenvalue weighted by molar-refractivity contribution is 6.33. The second kappa shape index (κ2) is 6.71. The molecule has 0 unspecified atom stereocenters. The molecule has 0 heterocycles. The summed E-state index contributed by atoms with van der Waals surface area (Å²) in [7, 11) is 0. The van der Waals surface area contributed by atoms with Crippen LogP contribution in [0.25, 0.3) is 0 Å². The Kier molecular flexibility index (Phi) is 4.73. The van der Waals surface area contributed by atoms with Crippen molar-refractivity contribution in [3.63, 3.8) is 0 Å². The van der Waals surface area contributed by atoms with Crippen LogP contribution in [0.15, 0.2) is 48.5 Å². The quantitative estimate of drug-likeness (QED) is 0.655. The number of rotatable bonds is 5. The van der Waals surface area contributed by atoms with Gasteiger partial charge in [-0.1, -0.05) is 29.8 Å². The van der Waals surface area contributed by atoms with E-state index >= 15 is 0 Å². The van der Waals surface area contributed by atoms with Crippen molar-refractivity contribution >= 4 is 34.6 Å². The molecule has 0 radical (unpaired) electrons. The molecule has 2 aromatic rings. The van der Waals surface area contributed by atoms with Gasteiger partial charge in [0.15, 0.2) is 0 Å². The SMILES string of the molecule is O=C(CNc1cccc([N+](=O)[O-])c1)Nc1ccccc1Cl. The molecule has 1 amide bonds. The van der Waals surface area contributed by atoms with Gasteiger partial charge in [-0.2, -0.15) is 0 Å². The number of carbonyl (C=O) groups is 1. The highest BCUT2D eigenvalue weighted by Gasteiger charge is 2.08. The minimum atomic E-state index is -0.491. The van der Waals surface area contributed by atoms with E-state index in [-0.39, 0.29) is 18.1 Å². The topological polar surface area (TPSA) is 84.3 Å². The molecule has 0 atom stereocenters. The summed E-state index contributed by atoms with van der Waals surface area (Å²) in [6.07, 6.45) is 0. The van der Waals surface area contributed by atoms with E-state index in [2.05, 4.69) is 10.6 Å². The Balaban J connectivity index is 1.94. The van der Waals surface area contributed by atoms with Crippen molar-refractivity contribution in [1.29, 1.82) is 0 Å². The van der Waals surface area contributed by atoms with Gasteiger partial charge < -0.3 is 10.6 Å². The van der Waals surface area contributed by atoms with Gasteiger partial charge >= 0.3 is 0 Å². The van der Waals surface area contributed by atoms with Gasteiger partial charge in [0.1, 0.15) is 0 Å². The van der Waals surface area contributed by atoms with E-state index in [1.807, 2.05) is 0 Å². The van der Waals surface area contributed by atoms with Crippen LogP contribution in [0.1, 0.15) is 0 Å². The minimum Gasteiger partial charge on any atom is -0.376 e. The molecule has 7 heteroatoms. The molecular weight excluding hydrogens is 294 g/mol. The number of halogens is 1. The molecular formula is C14H12ClN3O3. The van der Waals surface area contributed by atoms with Crippen molar-refractivity contribution in [2.45, 2.75) is 0 Å². The number of nitrogens with one attached hydrogen (secondary N) is 2. The molecule has 2 rings (SSSR count). The molecule has 108 valence electrons. The number of nitrogens with zero attached hydrogens (tertiary/aromatic N) is 1. The third kappa shape index (κ3) is 4.19. The van der Waals surface area contributed by atoms with Gasteiger partial charge in [0.2, 0.25) is 5.91 Å². The summed E-state index contributed by atoms with van der Waals surface area (Å²) in [4.78, 5) is 22.0. The van der Waals surface area contributed by atoms with Crippen molar-refractivity contribution in [3.8, 4) is 0 Å². The number of amides is 1. The molecule has 2 N–H and O–H groups in total. The molecule has 0 aromatic heterocycles.